The third-order valence-electron chi connectivity index (χ3n) is 3.83. The molecule has 1 aliphatic rings. The number of hydrogen-bond acceptors (Lipinski definition) is 4. The van der Waals surface area contributed by atoms with Crippen molar-refractivity contribution in [3.63, 3.8) is 0 Å². The Kier molecular flexibility index (Phi) is 3.85. The Morgan fingerprint density at radius 2 is 1.95 bits per heavy atom. The van der Waals surface area contributed by atoms with E-state index in [-0.39, 0.29) is 5.91 Å². The van der Waals surface area contributed by atoms with Crippen LogP contribution in [0, 0.1) is 13.8 Å². The minimum atomic E-state index is -0.0986. The molecule has 2 N–H and O–H groups in total. The molecule has 116 valence electrons. The van der Waals surface area contributed by atoms with Gasteiger partial charge in [-0.3, -0.25) is 4.79 Å². The summed E-state index contributed by atoms with van der Waals surface area (Å²) in [7, 11) is 0. The Labute approximate surface area is 129 Å². The fourth-order valence-corrected chi connectivity index (χ4v) is 2.66. The lowest BCUT2D eigenvalue weighted by atomic mass is 10.1. The highest BCUT2D eigenvalue weighted by Gasteiger charge is 2.22. The third-order valence-corrected chi connectivity index (χ3v) is 3.83. The van der Waals surface area contributed by atoms with Crippen LogP contribution in [0.25, 0.3) is 5.69 Å². The molecule has 1 aliphatic heterocycles. The molecule has 0 bridgehead atoms. The summed E-state index contributed by atoms with van der Waals surface area (Å²) in [5.74, 6) is 0.363. The number of aryl methyl sites for hydroxylation is 2. The van der Waals surface area contributed by atoms with Crippen LogP contribution in [0.2, 0.25) is 0 Å². The van der Waals surface area contributed by atoms with Crippen molar-refractivity contribution in [2.75, 3.05) is 32.0 Å². The van der Waals surface area contributed by atoms with Gasteiger partial charge in [-0.1, -0.05) is 17.7 Å². The van der Waals surface area contributed by atoms with Gasteiger partial charge >= 0.3 is 0 Å². The molecule has 2 aromatic rings. The van der Waals surface area contributed by atoms with Crippen LogP contribution >= 0.6 is 0 Å². The number of aromatic nitrogens is 2. The van der Waals surface area contributed by atoms with E-state index < -0.39 is 0 Å². The number of amides is 1. The van der Waals surface area contributed by atoms with Crippen LogP contribution in [0.5, 0.6) is 0 Å². The van der Waals surface area contributed by atoms with Gasteiger partial charge in [0.15, 0.2) is 5.69 Å². The Morgan fingerprint density at radius 3 is 2.64 bits per heavy atom. The smallest absolute Gasteiger partial charge is 0.274 e. The fraction of sp³-hybridized carbons (Fsp3) is 0.375. The highest BCUT2D eigenvalue weighted by Crippen LogP contribution is 2.20. The van der Waals surface area contributed by atoms with Crippen molar-refractivity contribution in [2.24, 2.45) is 0 Å². The van der Waals surface area contributed by atoms with Crippen LogP contribution in [0.3, 0.4) is 0 Å². The number of morpholine rings is 1. The first-order valence-electron chi connectivity index (χ1n) is 7.36. The number of nitrogens with two attached hydrogens (primary N) is 1. The Morgan fingerprint density at radius 1 is 1.23 bits per heavy atom. The van der Waals surface area contributed by atoms with E-state index in [2.05, 4.69) is 11.2 Å². The summed E-state index contributed by atoms with van der Waals surface area (Å²) in [5, 5.41) is 4.41. The van der Waals surface area contributed by atoms with E-state index in [0.717, 1.165) is 11.3 Å². The number of benzene rings is 1. The molecule has 0 radical (unpaired) electrons. The number of nitrogens with zero attached hydrogens (tertiary/aromatic N) is 3. The van der Waals surface area contributed by atoms with Gasteiger partial charge in [0.1, 0.15) is 5.82 Å². The quantitative estimate of drug-likeness (QED) is 0.913. The standard InChI is InChI=1S/C16H20N4O2/c1-11-3-4-14(12(2)9-11)20-15(17)10-13(18-20)16(21)19-5-7-22-8-6-19/h3-4,9-10H,5-8,17H2,1-2H3. The summed E-state index contributed by atoms with van der Waals surface area (Å²) >= 11 is 0. The number of hydrogen-bond donors (Lipinski definition) is 1. The van der Waals surface area contributed by atoms with Crippen molar-refractivity contribution in [2.45, 2.75) is 13.8 Å². The average Bonchev–Trinajstić information content (AvgIpc) is 2.89. The summed E-state index contributed by atoms with van der Waals surface area (Å²) < 4.78 is 6.89. The van der Waals surface area contributed by atoms with Crippen molar-refractivity contribution >= 4 is 11.7 Å². The molecule has 0 spiro atoms. The number of nitrogen functional groups attached to an aromatic ring is 1. The van der Waals surface area contributed by atoms with Crippen LogP contribution in [0.15, 0.2) is 24.3 Å². The van der Waals surface area contributed by atoms with Gasteiger partial charge in [-0.25, -0.2) is 4.68 Å². The highest BCUT2D eigenvalue weighted by molar-refractivity contribution is 5.93. The molecule has 0 aliphatic carbocycles. The van der Waals surface area contributed by atoms with E-state index in [1.54, 1.807) is 15.6 Å². The minimum Gasteiger partial charge on any atom is -0.384 e. The van der Waals surface area contributed by atoms with Gasteiger partial charge in [-0.15, -0.1) is 0 Å². The first-order chi connectivity index (χ1) is 10.6. The molecule has 22 heavy (non-hydrogen) atoms. The van der Waals surface area contributed by atoms with Gasteiger partial charge < -0.3 is 15.4 Å². The summed E-state index contributed by atoms with van der Waals surface area (Å²) in [6.45, 7) is 6.37. The number of carbonyl (C=O) groups is 1. The summed E-state index contributed by atoms with van der Waals surface area (Å²) in [4.78, 5) is 14.2. The first kappa shape index (κ1) is 14.6. The first-order valence-corrected chi connectivity index (χ1v) is 7.36. The average molecular weight is 300 g/mol. The van der Waals surface area contributed by atoms with Crippen LogP contribution in [-0.4, -0.2) is 46.9 Å². The second-order valence-corrected chi connectivity index (χ2v) is 5.56. The number of rotatable bonds is 2. The van der Waals surface area contributed by atoms with Crippen LogP contribution in [0.1, 0.15) is 21.6 Å². The largest absolute Gasteiger partial charge is 0.384 e. The second kappa shape index (κ2) is 5.81. The molecule has 1 saturated heterocycles. The SMILES string of the molecule is Cc1ccc(-n2nc(C(=O)N3CCOCC3)cc2N)c(C)c1. The van der Waals surface area contributed by atoms with Gasteiger partial charge in [0.05, 0.1) is 18.9 Å². The second-order valence-electron chi connectivity index (χ2n) is 5.56. The summed E-state index contributed by atoms with van der Waals surface area (Å²) in [6, 6.07) is 7.68. The molecule has 0 saturated carbocycles. The lowest BCUT2D eigenvalue weighted by molar-refractivity contribution is 0.0298. The van der Waals surface area contributed by atoms with Gasteiger partial charge in [0, 0.05) is 19.2 Å². The molecule has 6 heteroatoms. The molecule has 1 amide bonds. The van der Waals surface area contributed by atoms with Crippen molar-refractivity contribution < 1.29 is 9.53 Å². The van der Waals surface area contributed by atoms with Crippen LogP contribution in [-0.2, 0) is 4.74 Å². The topological polar surface area (TPSA) is 73.4 Å². The van der Waals surface area contributed by atoms with E-state index >= 15 is 0 Å². The molecule has 0 atom stereocenters. The van der Waals surface area contributed by atoms with Gasteiger partial charge in [0.2, 0.25) is 0 Å². The van der Waals surface area contributed by atoms with E-state index in [4.69, 9.17) is 10.5 Å². The molecule has 0 unspecified atom stereocenters. The molecule has 6 nitrogen and oxygen atoms in total. The van der Waals surface area contributed by atoms with Crippen molar-refractivity contribution in [1.82, 2.24) is 14.7 Å². The summed E-state index contributed by atoms with van der Waals surface area (Å²) in [6.07, 6.45) is 0. The normalized spacial score (nSPS) is 15.1. The zero-order valence-corrected chi connectivity index (χ0v) is 12.9. The Bertz CT molecular complexity index is 702. The number of ether oxygens (including phenoxy) is 1. The molecule has 1 aromatic carbocycles. The van der Waals surface area contributed by atoms with Crippen LogP contribution < -0.4 is 5.73 Å². The summed E-state index contributed by atoms with van der Waals surface area (Å²) in [5.41, 5.74) is 9.57. The van der Waals surface area contributed by atoms with E-state index in [9.17, 15) is 4.79 Å². The number of carbonyl (C=O) groups excluding carboxylic acids is 1. The van der Waals surface area contributed by atoms with Gasteiger partial charge in [-0.2, -0.15) is 5.10 Å². The Balaban J connectivity index is 1.91. The van der Waals surface area contributed by atoms with Gasteiger partial charge in [0.25, 0.3) is 5.91 Å². The molecular formula is C16H20N4O2. The fourth-order valence-electron chi connectivity index (χ4n) is 2.66. The zero-order valence-electron chi connectivity index (χ0n) is 12.9. The minimum absolute atomic E-state index is 0.0986. The predicted molar refractivity (Wildman–Crippen MR) is 84.2 cm³/mol. The van der Waals surface area contributed by atoms with Crippen LogP contribution in [0.4, 0.5) is 5.82 Å². The molecule has 3 rings (SSSR count). The van der Waals surface area contributed by atoms with E-state index in [1.165, 1.54) is 5.56 Å². The molecule has 1 fully saturated rings. The van der Waals surface area contributed by atoms with E-state index in [0.29, 0.717) is 37.8 Å². The van der Waals surface area contributed by atoms with E-state index in [1.807, 2.05) is 26.0 Å². The maximum absolute atomic E-state index is 12.5. The maximum atomic E-state index is 12.5. The lowest BCUT2D eigenvalue weighted by Gasteiger charge is -2.25. The van der Waals surface area contributed by atoms with Crippen molar-refractivity contribution in [3.8, 4) is 5.69 Å². The Hall–Kier alpha value is -2.34. The third kappa shape index (κ3) is 2.69. The van der Waals surface area contributed by atoms with Gasteiger partial charge in [-0.05, 0) is 25.5 Å². The monoisotopic (exact) mass is 300 g/mol. The predicted octanol–water partition coefficient (Wildman–Crippen LogP) is 1.54. The lowest BCUT2D eigenvalue weighted by Crippen LogP contribution is -2.40. The molecule has 1 aromatic heterocycles. The highest BCUT2D eigenvalue weighted by atomic mass is 16.5. The zero-order chi connectivity index (χ0) is 15.7. The van der Waals surface area contributed by atoms with Crippen molar-refractivity contribution in [1.29, 1.82) is 0 Å². The molecular weight excluding hydrogens is 280 g/mol. The van der Waals surface area contributed by atoms with Crippen molar-refractivity contribution in [3.05, 3.63) is 41.1 Å². The molecule has 2 heterocycles. The number of anilines is 1. The maximum Gasteiger partial charge on any atom is 0.274 e.